The molecule has 59 heavy (non-hydrogen) atoms. The Morgan fingerprint density at radius 2 is 1.53 bits per heavy atom. The van der Waals surface area contributed by atoms with Gasteiger partial charge in [0, 0.05) is 44.0 Å². The van der Waals surface area contributed by atoms with E-state index in [9.17, 15) is 9.59 Å². The summed E-state index contributed by atoms with van der Waals surface area (Å²) < 4.78 is 56.1. The first-order valence-corrected chi connectivity index (χ1v) is 20.9. The molecule has 2 saturated heterocycles. The highest BCUT2D eigenvalue weighted by molar-refractivity contribution is 7.44. The van der Waals surface area contributed by atoms with Gasteiger partial charge in [0.1, 0.15) is 41.0 Å². The summed E-state index contributed by atoms with van der Waals surface area (Å²) in [5.41, 5.74) is -2.52. The lowest BCUT2D eigenvalue weighted by molar-refractivity contribution is -0.236. The van der Waals surface area contributed by atoms with Crippen molar-refractivity contribution in [3.63, 3.8) is 0 Å². The summed E-state index contributed by atoms with van der Waals surface area (Å²) in [5.74, 6) is 1.35. The number of rotatable bonds is 18. The average molecular weight is 831 g/mol. The van der Waals surface area contributed by atoms with E-state index in [-0.39, 0.29) is 51.5 Å². The van der Waals surface area contributed by atoms with E-state index in [0.29, 0.717) is 17.1 Å². The van der Waals surface area contributed by atoms with Gasteiger partial charge in [0.05, 0.1) is 27.4 Å². The fourth-order valence-corrected chi connectivity index (χ4v) is 10.2. The molecule has 316 valence electrons. The molecule has 6 rings (SSSR count). The van der Waals surface area contributed by atoms with Crippen molar-refractivity contribution >= 4 is 8.53 Å². The Balaban J connectivity index is 1.59. The van der Waals surface area contributed by atoms with Gasteiger partial charge in [-0.05, 0) is 75.6 Å². The van der Waals surface area contributed by atoms with E-state index in [1.807, 2.05) is 78.9 Å². The summed E-state index contributed by atoms with van der Waals surface area (Å²) in [6.07, 6.45) is -0.305. The number of hydrogen-bond donors (Lipinski definition) is 1. The zero-order valence-corrected chi connectivity index (χ0v) is 35.9. The van der Waals surface area contributed by atoms with Crippen molar-refractivity contribution in [3.05, 3.63) is 140 Å². The van der Waals surface area contributed by atoms with Gasteiger partial charge in [0.2, 0.25) is 6.54 Å². The molecule has 14 nitrogen and oxygen atoms in total. The quantitative estimate of drug-likeness (QED) is 0.0502. The molecule has 3 heterocycles. The largest absolute Gasteiger partial charge is 0.497 e. The van der Waals surface area contributed by atoms with E-state index in [1.165, 1.54) is 10.8 Å². The zero-order chi connectivity index (χ0) is 42.4. The van der Waals surface area contributed by atoms with Gasteiger partial charge in [-0.15, -0.1) is 0 Å². The molecule has 1 N–H and O–H groups in total. The Morgan fingerprint density at radius 3 is 2.07 bits per heavy atom. The summed E-state index contributed by atoms with van der Waals surface area (Å²) >= 11 is 0. The Kier molecular flexibility index (Phi) is 14.1. The topological polar surface area (TPSA) is 136 Å². The van der Waals surface area contributed by atoms with Crippen molar-refractivity contribution in [2.75, 3.05) is 54.3 Å². The van der Waals surface area contributed by atoms with Crippen molar-refractivity contribution in [3.8, 4) is 11.5 Å². The predicted octanol–water partition coefficient (Wildman–Crippen LogP) is 6.61. The molecular formula is C44H55N4O10P. The fourth-order valence-electron chi connectivity index (χ4n) is 8.25. The van der Waals surface area contributed by atoms with Gasteiger partial charge < -0.3 is 42.3 Å². The Hall–Kier alpha value is -4.42. The molecule has 2 fully saturated rings. The number of H-pyrrole nitrogens is 1. The maximum absolute atomic E-state index is 13.7. The van der Waals surface area contributed by atoms with Gasteiger partial charge in [0.15, 0.2) is 6.23 Å². The van der Waals surface area contributed by atoms with Gasteiger partial charge in [-0.2, -0.15) is 0 Å². The van der Waals surface area contributed by atoms with Crippen LogP contribution in [0.5, 0.6) is 11.5 Å². The van der Waals surface area contributed by atoms with Crippen LogP contribution in [0.15, 0.2) is 94.6 Å². The minimum Gasteiger partial charge on any atom is -0.497 e. The molecule has 0 spiro atoms. The molecule has 0 amide bonds. The number of nitrogens with one attached hydrogen (secondary N) is 1. The SMILES string of the molecule is [C-]#[N+]CCOP(O[C@]12CCOCC1(COC(c1ccccc1)(c1ccc(OC)cc1)c1ccc(OC)cc1)O[C@@H](n1cc(C)c(=O)[nH]c1=O)C2OC)N(C(C)C)C(C)C. The number of aromatic amines is 1. The highest BCUT2D eigenvalue weighted by Gasteiger charge is 2.71. The van der Waals surface area contributed by atoms with Crippen LogP contribution in [0, 0.1) is 13.5 Å². The van der Waals surface area contributed by atoms with E-state index >= 15 is 0 Å². The van der Waals surface area contributed by atoms with Crippen molar-refractivity contribution in [2.45, 2.75) is 82.3 Å². The van der Waals surface area contributed by atoms with Crippen molar-refractivity contribution in [1.82, 2.24) is 14.2 Å². The minimum absolute atomic E-state index is 0.00880. The van der Waals surface area contributed by atoms with Crippen LogP contribution in [0.3, 0.4) is 0 Å². The average Bonchev–Trinajstić information content (AvgIpc) is 3.52. The third kappa shape index (κ3) is 8.49. The summed E-state index contributed by atoms with van der Waals surface area (Å²) in [6, 6.07) is 25.3. The lowest BCUT2D eigenvalue weighted by Crippen LogP contribution is -2.66. The first kappa shape index (κ1) is 44.1. The second kappa shape index (κ2) is 18.9. The van der Waals surface area contributed by atoms with Crippen LogP contribution in [0.1, 0.15) is 62.6 Å². The Labute approximate surface area is 347 Å². The zero-order valence-electron chi connectivity index (χ0n) is 35.0. The molecule has 0 radical (unpaired) electrons. The normalized spacial score (nSPS) is 22.3. The van der Waals surface area contributed by atoms with Crippen LogP contribution >= 0.6 is 8.53 Å². The van der Waals surface area contributed by atoms with Gasteiger partial charge >= 0.3 is 5.69 Å². The van der Waals surface area contributed by atoms with Crippen LogP contribution in [-0.4, -0.2) is 97.9 Å². The monoisotopic (exact) mass is 830 g/mol. The first-order chi connectivity index (χ1) is 28.4. The molecule has 1 aromatic heterocycles. The number of methoxy groups -OCH3 is 3. The van der Waals surface area contributed by atoms with Gasteiger partial charge in [-0.25, -0.2) is 16.0 Å². The number of benzene rings is 3. The highest BCUT2D eigenvalue weighted by Crippen LogP contribution is 2.60. The molecule has 2 aliphatic heterocycles. The second-order valence-corrected chi connectivity index (χ2v) is 16.6. The van der Waals surface area contributed by atoms with Crippen molar-refractivity contribution in [2.24, 2.45) is 0 Å². The molecule has 4 aromatic rings. The molecule has 15 heteroatoms. The Bertz CT molecular complexity index is 2100. The van der Waals surface area contributed by atoms with Gasteiger partial charge in [0.25, 0.3) is 14.1 Å². The molecular weight excluding hydrogens is 775 g/mol. The molecule has 3 unspecified atom stereocenters. The third-order valence-electron chi connectivity index (χ3n) is 11.1. The van der Waals surface area contributed by atoms with Crippen LogP contribution < -0.4 is 20.7 Å². The third-order valence-corrected chi connectivity index (χ3v) is 13.2. The summed E-state index contributed by atoms with van der Waals surface area (Å²) in [5, 5.41) is 0. The Morgan fingerprint density at radius 1 is 0.932 bits per heavy atom. The van der Waals surface area contributed by atoms with Crippen LogP contribution in [-0.2, 0) is 33.6 Å². The molecule has 3 aromatic carbocycles. The van der Waals surface area contributed by atoms with Gasteiger partial charge in [-0.3, -0.25) is 14.3 Å². The number of hydrogen-bond acceptors (Lipinski definition) is 11. The lowest BCUT2D eigenvalue weighted by atomic mass is 9.76. The number of fused-ring (bicyclic) bond motifs is 1. The van der Waals surface area contributed by atoms with E-state index in [1.54, 1.807) is 28.3 Å². The maximum Gasteiger partial charge on any atom is 0.330 e. The first-order valence-electron chi connectivity index (χ1n) is 19.7. The molecule has 0 aliphatic carbocycles. The standard InChI is InChI=1S/C44H55N4O10P/c1-30(2)48(31(3)4)59(56-26-24-45-6)58-43-23-25-54-28-42(43,57-40(38(43)53-9)47-27-32(5)39(49)46-41(47)50)29-55-44(33-13-11-10-12-14-33,34-15-19-36(51-7)20-16-34)35-17-21-37(52-8)22-18-35/h10-22,27,30-31,38,40H,23-26,28-29H2,1-5,7-9H3,(H,46,49,50)/t38?,40-,42?,43+,59?/m1/s1. The van der Waals surface area contributed by atoms with Crippen LogP contribution in [0.25, 0.3) is 4.85 Å². The lowest BCUT2D eigenvalue weighted by Gasteiger charge is -2.51. The smallest absolute Gasteiger partial charge is 0.330 e. The van der Waals surface area contributed by atoms with Crippen LogP contribution in [0.4, 0.5) is 0 Å². The maximum atomic E-state index is 13.7. The highest BCUT2D eigenvalue weighted by atomic mass is 31.2. The van der Waals surface area contributed by atoms with E-state index in [0.717, 1.165) is 16.7 Å². The van der Waals surface area contributed by atoms with E-state index in [4.69, 9.17) is 44.0 Å². The van der Waals surface area contributed by atoms with Crippen molar-refractivity contribution < 1.29 is 37.5 Å². The summed E-state index contributed by atoms with van der Waals surface area (Å²) in [7, 11) is 2.91. The van der Waals surface area contributed by atoms with E-state index in [2.05, 4.69) is 42.2 Å². The molecule has 0 bridgehead atoms. The number of ether oxygens (including phenoxy) is 6. The van der Waals surface area contributed by atoms with Gasteiger partial charge in [-0.1, -0.05) is 54.6 Å². The van der Waals surface area contributed by atoms with Crippen molar-refractivity contribution in [1.29, 1.82) is 0 Å². The van der Waals surface area contributed by atoms with E-state index < -0.39 is 48.9 Å². The number of nitrogens with zero attached hydrogens (tertiary/aromatic N) is 3. The molecule has 5 atom stereocenters. The molecule has 2 aliphatic rings. The number of aromatic nitrogens is 2. The summed E-state index contributed by atoms with van der Waals surface area (Å²) in [6.45, 7) is 17.8. The predicted molar refractivity (Wildman–Crippen MR) is 224 cm³/mol. The number of aryl methyl sites for hydroxylation is 1. The second-order valence-electron chi connectivity index (χ2n) is 15.2. The summed E-state index contributed by atoms with van der Waals surface area (Å²) in [4.78, 5) is 32.3. The minimum atomic E-state index is -1.89. The fraction of sp³-hybridized carbons (Fsp3) is 0.477. The molecule has 0 saturated carbocycles. The van der Waals surface area contributed by atoms with Crippen LogP contribution in [0.2, 0.25) is 0 Å².